The third kappa shape index (κ3) is 4.12. The molecule has 2 rings (SSSR count). The first kappa shape index (κ1) is 18.8. The lowest BCUT2D eigenvalue weighted by atomic mass is 9.90. The Hall–Kier alpha value is -2.53. The van der Waals surface area contributed by atoms with Gasteiger partial charge in [0.15, 0.2) is 0 Å². The van der Waals surface area contributed by atoms with E-state index in [0.29, 0.717) is 23.6 Å². The number of methoxy groups -OCH3 is 3. The van der Waals surface area contributed by atoms with E-state index in [9.17, 15) is 4.79 Å². The van der Waals surface area contributed by atoms with Crippen LogP contribution in [0.1, 0.15) is 29.3 Å². The average molecular weight is 343 g/mol. The normalized spacial score (nSPS) is 13.0. The van der Waals surface area contributed by atoms with Crippen molar-refractivity contribution in [1.29, 1.82) is 0 Å². The lowest BCUT2D eigenvalue weighted by Crippen LogP contribution is -2.42. The number of ether oxygens (including phenoxy) is 3. The summed E-state index contributed by atoms with van der Waals surface area (Å²) < 4.78 is 16.3. The van der Waals surface area contributed by atoms with Crippen LogP contribution in [0.5, 0.6) is 11.5 Å². The van der Waals surface area contributed by atoms with Crippen LogP contribution in [-0.4, -0.2) is 33.8 Å². The van der Waals surface area contributed by atoms with Gasteiger partial charge in [0.2, 0.25) is 0 Å². The molecule has 25 heavy (non-hydrogen) atoms. The summed E-state index contributed by atoms with van der Waals surface area (Å²) in [4.78, 5) is 12.6. The Morgan fingerprint density at radius 2 is 1.76 bits per heavy atom. The maximum absolute atomic E-state index is 12.6. The van der Waals surface area contributed by atoms with Gasteiger partial charge in [0.25, 0.3) is 5.91 Å². The monoisotopic (exact) mass is 343 g/mol. The predicted molar refractivity (Wildman–Crippen MR) is 97.3 cm³/mol. The van der Waals surface area contributed by atoms with E-state index in [1.807, 2.05) is 37.3 Å². The van der Waals surface area contributed by atoms with Crippen LogP contribution in [-0.2, 0) is 10.3 Å². The zero-order valence-electron chi connectivity index (χ0n) is 15.2. The van der Waals surface area contributed by atoms with E-state index in [-0.39, 0.29) is 5.91 Å². The number of hydrogen-bond acceptors (Lipinski definition) is 4. The van der Waals surface area contributed by atoms with E-state index in [4.69, 9.17) is 14.2 Å². The van der Waals surface area contributed by atoms with E-state index in [1.165, 1.54) is 7.11 Å². The lowest BCUT2D eigenvalue weighted by Gasteiger charge is -2.32. The van der Waals surface area contributed by atoms with Crippen LogP contribution in [0, 0.1) is 0 Å². The Balaban J connectivity index is 2.20. The molecule has 0 aromatic heterocycles. The molecule has 0 saturated carbocycles. The molecule has 0 spiro atoms. The largest absolute Gasteiger partial charge is 0.497 e. The van der Waals surface area contributed by atoms with Crippen molar-refractivity contribution in [3.63, 3.8) is 0 Å². The zero-order chi connectivity index (χ0) is 18.3. The van der Waals surface area contributed by atoms with Gasteiger partial charge < -0.3 is 19.5 Å². The van der Waals surface area contributed by atoms with E-state index < -0.39 is 5.60 Å². The molecule has 2 aromatic rings. The molecule has 5 nitrogen and oxygen atoms in total. The second-order valence-corrected chi connectivity index (χ2v) is 5.67. The van der Waals surface area contributed by atoms with Gasteiger partial charge in [0.1, 0.15) is 17.1 Å². The van der Waals surface area contributed by atoms with E-state index in [1.54, 1.807) is 32.4 Å². The Kier molecular flexibility index (Phi) is 6.42. The summed E-state index contributed by atoms with van der Waals surface area (Å²) in [7, 11) is 4.76. The molecular weight excluding hydrogens is 318 g/mol. The fourth-order valence-corrected chi connectivity index (χ4v) is 2.81. The van der Waals surface area contributed by atoms with Crippen molar-refractivity contribution >= 4 is 5.91 Å². The van der Waals surface area contributed by atoms with Crippen LogP contribution < -0.4 is 14.8 Å². The minimum atomic E-state index is -0.573. The van der Waals surface area contributed by atoms with Crippen LogP contribution in [0.25, 0.3) is 0 Å². The lowest BCUT2D eigenvalue weighted by molar-refractivity contribution is -0.0164. The summed E-state index contributed by atoms with van der Waals surface area (Å²) >= 11 is 0. The first-order chi connectivity index (χ1) is 12.1. The topological polar surface area (TPSA) is 56.8 Å². The first-order valence-electron chi connectivity index (χ1n) is 8.21. The van der Waals surface area contributed by atoms with Crippen molar-refractivity contribution in [2.75, 3.05) is 27.9 Å². The Labute approximate surface area is 148 Å². The summed E-state index contributed by atoms with van der Waals surface area (Å²) in [5, 5.41) is 2.97. The quantitative estimate of drug-likeness (QED) is 0.798. The van der Waals surface area contributed by atoms with Gasteiger partial charge >= 0.3 is 0 Å². The molecule has 0 aliphatic carbocycles. The highest BCUT2D eigenvalue weighted by Gasteiger charge is 2.31. The van der Waals surface area contributed by atoms with Crippen molar-refractivity contribution < 1.29 is 19.0 Å². The molecule has 1 atom stereocenters. The van der Waals surface area contributed by atoms with Gasteiger partial charge in [-0.1, -0.05) is 37.3 Å². The molecule has 0 aliphatic heterocycles. The van der Waals surface area contributed by atoms with Crippen LogP contribution in [0.3, 0.4) is 0 Å². The van der Waals surface area contributed by atoms with Crippen LogP contribution >= 0.6 is 0 Å². The van der Waals surface area contributed by atoms with Gasteiger partial charge in [-0.15, -0.1) is 0 Å². The standard InChI is InChI=1S/C20H25NO4/c1-5-20(25-4,15-9-7-6-8-10-15)14-21-19(22)17-12-11-16(23-2)13-18(17)24-3/h6-13H,5,14H2,1-4H3,(H,21,22). The van der Waals surface area contributed by atoms with Crippen LogP contribution in [0.15, 0.2) is 48.5 Å². The summed E-state index contributed by atoms with van der Waals surface area (Å²) in [6.07, 6.45) is 0.730. The molecule has 1 amide bonds. The van der Waals surface area contributed by atoms with Gasteiger partial charge in [0.05, 0.1) is 26.3 Å². The maximum Gasteiger partial charge on any atom is 0.255 e. The number of carbonyl (C=O) groups is 1. The van der Waals surface area contributed by atoms with Gasteiger partial charge in [-0.05, 0) is 24.1 Å². The van der Waals surface area contributed by atoms with Gasteiger partial charge in [0, 0.05) is 13.2 Å². The molecule has 0 radical (unpaired) electrons. The number of rotatable bonds is 8. The Bertz CT molecular complexity index is 696. The number of amides is 1. The van der Waals surface area contributed by atoms with Crippen molar-refractivity contribution in [1.82, 2.24) is 5.32 Å². The molecule has 1 N–H and O–H groups in total. The predicted octanol–water partition coefficient (Wildman–Crippen LogP) is 3.39. The maximum atomic E-state index is 12.6. The SMILES string of the molecule is CCC(CNC(=O)c1ccc(OC)cc1OC)(OC)c1ccccc1. The fourth-order valence-electron chi connectivity index (χ4n) is 2.81. The van der Waals surface area contributed by atoms with Crippen LogP contribution in [0.2, 0.25) is 0 Å². The molecule has 5 heteroatoms. The molecular formula is C20H25NO4. The zero-order valence-corrected chi connectivity index (χ0v) is 15.2. The Morgan fingerprint density at radius 3 is 2.32 bits per heavy atom. The number of carbonyl (C=O) groups excluding carboxylic acids is 1. The molecule has 0 fully saturated rings. The summed E-state index contributed by atoms with van der Waals surface area (Å²) in [6, 6.07) is 15.0. The fraction of sp³-hybridized carbons (Fsp3) is 0.350. The highest BCUT2D eigenvalue weighted by atomic mass is 16.5. The van der Waals surface area contributed by atoms with Crippen molar-refractivity contribution in [3.05, 3.63) is 59.7 Å². The average Bonchev–Trinajstić information content (AvgIpc) is 2.69. The first-order valence-corrected chi connectivity index (χ1v) is 8.21. The van der Waals surface area contributed by atoms with Gasteiger partial charge in [-0.2, -0.15) is 0 Å². The molecule has 0 saturated heterocycles. The van der Waals surface area contributed by atoms with E-state index in [0.717, 1.165) is 12.0 Å². The minimum absolute atomic E-state index is 0.217. The molecule has 1 unspecified atom stereocenters. The number of hydrogen-bond donors (Lipinski definition) is 1. The molecule has 0 bridgehead atoms. The number of benzene rings is 2. The highest BCUT2D eigenvalue weighted by molar-refractivity contribution is 5.97. The van der Waals surface area contributed by atoms with E-state index >= 15 is 0 Å². The molecule has 134 valence electrons. The van der Waals surface area contributed by atoms with Crippen LogP contribution in [0.4, 0.5) is 0 Å². The van der Waals surface area contributed by atoms with Gasteiger partial charge in [-0.25, -0.2) is 0 Å². The minimum Gasteiger partial charge on any atom is -0.497 e. The summed E-state index contributed by atoms with van der Waals surface area (Å²) in [5.41, 5.74) is 0.913. The second-order valence-electron chi connectivity index (χ2n) is 5.67. The highest BCUT2D eigenvalue weighted by Crippen LogP contribution is 2.29. The van der Waals surface area contributed by atoms with Crippen molar-refractivity contribution in [3.8, 4) is 11.5 Å². The van der Waals surface area contributed by atoms with E-state index in [2.05, 4.69) is 5.32 Å². The van der Waals surface area contributed by atoms with Crippen molar-refractivity contribution in [2.45, 2.75) is 18.9 Å². The third-order valence-corrected chi connectivity index (χ3v) is 4.45. The Morgan fingerprint density at radius 1 is 1.04 bits per heavy atom. The third-order valence-electron chi connectivity index (χ3n) is 4.45. The number of nitrogens with one attached hydrogen (secondary N) is 1. The molecule has 2 aromatic carbocycles. The summed E-state index contributed by atoms with van der Waals surface area (Å²) in [5.74, 6) is 0.888. The summed E-state index contributed by atoms with van der Waals surface area (Å²) in [6.45, 7) is 2.40. The van der Waals surface area contributed by atoms with Gasteiger partial charge in [-0.3, -0.25) is 4.79 Å². The smallest absolute Gasteiger partial charge is 0.255 e. The second kappa shape index (κ2) is 8.53. The molecule has 0 aliphatic rings. The van der Waals surface area contributed by atoms with Crippen molar-refractivity contribution in [2.24, 2.45) is 0 Å². The molecule has 0 heterocycles.